The topological polar surface area (TPSA) is 46.2 Å². The van der Waals surface area contributed by atoms with Crippen molar-refractivity contribution in [3.63, 3.8) is 0 Å². The van der Waals surface area contributed by atoms with E-state index in [0.717, 1.165) is 10.0 Å². The van der Waals surface area contributed by atoms with Crippen LogP contribution in [0.4, 0.5) is 0 Å². The van der Waals surface area contributed by atoms with Gasteiger partial charge in [0.2, 0.25) is 0 Å². The second-order valence-corrected chi connectivity index (χ2v) is 7.44. The van der Waals surface area contributed by atoms with Gasteiger partial charge in [-0.2, -0.15) is 0 Å². The number of sulfone groups is 1. The first kappa shape index (κ1) is 15.2. The maximum Gasteiger partial charge on any atom is 0.180 e. The quantitative estimate of drug-likeness (QED) is 0.897. The van der Waals surface area contributed by atoms with Gasteiger partial charge in [-0.25, -0.2) is 8.42 Å². The molecule has 20 heavy (non-hydrogen) atoms. The molecule has 2 rings (SSSR count). The summed E-state index contributed by atoms with van der Waals surface area (Å²) >= 11 is 3.30. The summed E-state index contributed by atoms with van der Waals surface area (Å²) in [6.45, 7) is 0. The molecule has 0 fully saturated rings. The van der Waals surface area contributed by atoms with Crippen molar-refractivity contribution >= 4 is 25.8 Å². The fourth-order valence-corrected chi connectivity index (χ4v) is 4.14. The zero-order valence-corrected chi connectivity index (χ0v) is 13.5. The Labute approximate surface area is 128 Å². The standard InChI is InChI=1S/C15H16BrNO2S/c1-17-15(12-6-3-2-4-7-12)11-20(18,19)14-9-5-8-13(16)10-14/h2-10,15,17H,11H2,1H3. The molecule has 0 aliphatic rings. The Bertz CT molecular complexity index is 671. The van der Waals surface area contributed by atoms with Gasteiger partial charge in [0.15, 0.2) is 9.84 Å². The highest BCUT2D eigenvalue weighted by Crippen LogP contribution is 2.22. The van der Waals surface area contributed by atoms with E-state index in [1.807, 2.05) is 36.4 Å². The van der Waals surface area contributed by atoms with Crippen molar-refractivity contribution in [2.45, 2.75) is 10.9 Å². The van der Waals surface area contributed by atoms with Gasteiger partial charge in [0.1, 0.15) is 0 Å². The summed E-state index contributed by atoms with van der Waals surface area (Å²) in [5.74, 6) is 0.0317. The van der Waals surface area contributed by atoms with Gasteiger partial charge in [0.05, 0.1) is 10.6 Å². The van der Waals surface area contributed by atoms with Gasteiger partial charge in [0.25, 0.3) is 0 Å². The highest BCUT2D eigenvalue weighted by Gasteiger charge is 2.21. The van der Waals surface area contributed by atoms with Crippen molar-refractivity contribution in [2.24, 2.45) is 0 Å². The second kappa shape index (κ2) is 6.52. The number of hydrogen-bond donors (Lipinski definition) is 1. The lowest BCUT2D eigenvalue weighted by Gasteiger charge is -2.17. The fraction of sp³-hybridized carbons (Fsp3) is 0.200. The van der Waals surface area contributed by atoms with Crippen molar-refractivity contribution in [3.8, 4) is 0 Å². The molecule has 3 nitrogen and oxygen atoms in total. The summed E-state index contributed by atoms with van der Waals surface area (Å²) in [6.07, 6.45) is 0. The van der Waals surface area contributed by atoms with Crippen LogP contribution in [0.3, 0.4) is 0 Å². The first-order chi connectivity index (χ1) is 9.53. The van der Waals surface area contributed by atoms with Crippen molar-refractivity contribution in [3.05, 3.63) is 64.6 Å². The van der Waals surface area contributed by atoms with Gasteiger partial charge in [-0.15, -0.1) is 0 Å². The number of hydrogen-bond acceptors (Lipinski definition) is 3. The van der Waals surface area contributed by atoms with Gasteiger partial charge in [-0.05, 0) is 30.8 Å². The maximum atomic E-state index is 12.5. The zero-order valence-electron chi connectivity index (χ0n) is 11.1. The van der Waals surface area contributed by atoms with Crippen LogP contribution in [0.15, 0.2) is 64.0 Å². The normalized spacial score (nSPS) is 13.1. The average Bonchev–Trinajstić information content (AvgIpc) is 2.46. The van der Waals surface area contributed by atoms with E-state index in [1.165, 1.54) is 0 Å². The van der Waals surface area contributed by atoms with Crippen molar-refractivity contribution in [1.29, 1.82) is 0 Å². The van der Waals surface area contributed by atoms with Crippen molar-refractivity contribution in [1.82, 2.24) is 5.32 Å². The Hall–Kier alpha value is -1.17. The average molecular weight is 354 g/mol. The molecule has 0 bridgehead atoms. The zero-order chi connectivity index (χ0) is 14.6. The van der Waals surface area contributed by atoms with Gasteiger partial charge in [-0.3, -0.25) is 0 Å². The highest BCUT2D eigenvalue weighted by molar-refractivity contribution is 9.10. The molecule has 0 heterocycles. The molecule has 1 N–H and O–H groups in total. The summed E-state index contributed by atoms with van der Waals surface area (Å²) in [7, 11) is -1.56. The van der Waals surface area contributed by atoms with Crippen molar-refractivity contribution < 1.29 is 8.42 Å². The van der Waals surface area contributed by atoms with E-state index in [9.17, 15) is 8.42 Å². The predicted octanol–water partition coefficient (Wildman–Crippen LogP) is 3.18. The Balaban J connectivity index is 2.27. The van der Waals surface area contributed by atoms with Gasteiger partial charge < -0.3 is 5.32 Å². The van der Waals surface area contributed by atoms with Gasteiger partial charge in [0, 0.05) is 10.5 Å². The molecule has 2 aromatic carbocycles. The third-order valence-electron chi connectivity index (χ3n) is 3.09. The van der Waals surface area contributed by atoms with E-state index in [4.69, 9.17) is 0 Å². The molecule has 1 unspecified atom stereocenters. The Morgan fingerprint density at radius 3 is 2.40 bits per heavy atom. The minimum atomic E-state index is -3.33. The number of benzene rings is 2. The molecular formula is C15H16BrNO2S. The molecule has 0 spiro atoms. The molecule has 0 aliphatic heterocycles. The molecule has 1 atom stereocenters. The van der Waals surface area contributed by atoms with Crippen LogP contribution in [-0.2, 0) is 9.84 Å². The molecule has 0 aromatic heterocycles. The van der Waals surface area contributed by atoms with E-state index in [0.29, 0.717) is 4.90 Å². The van der Waals surface area contributed by atoms with E-state index >= 15 is 0 Å². The summed E-state index contributed by atoms with van der Waals surface area (Å²) in [6, 6.07) is 16.2. The summed E-state index contributed by atoms with van der Waals surface area (Å²) in [4.78, 5) is 0.336. The third-order valence-corrected chi connectivity index (χ3v) is 5.33. The monoisotopic (exact) mass is 353 g/mol. The summed E-state index contributed by atoms with van der Waals surface area (Å²) < 4.78 is 25.7. The molecule has 106 valence electrons. The first-order valence-corrected chi connectivity index (χ1v) is 8.68. The largest absolute Gasteiger partial charge is 0.312 e. The lowest BCUT2D eigenvalue weighted by Crippen LogP contribution is -2.25. The molecule has 0 aliphatic carbocycles. The van der Waals surface area contributed by atoms with E-state index in [2.05, 4.69) is 21.2 Å². The number of nitrogens with one attached hydrogen (secondary N) is 1. The first-order valence-electron chi connectivity index (χ1n) is 6.23. The lowest BCUT2D eigenvalue weighted by atomic mass is 10.1. The van der Waals surface area contributed by atoms with E-state index in [-0.39, 0.29) is 11.8 Å². The number of halogens is 1. The predicted molar refractivity (Wildman–Crippen MR) is 84.4 cm³/mol. The smallest absolute Gasteiger partial charge is 0.180 e. The van der Waals surface area contributed by atoms with Gasteiger partial charge in [-0.1, -0.05) is 52.3 Å². The van der Waals surface area contributed by atoms with Crippen LogP contribution in [0.25, 0.3) is 0 Å². The molecule has 2 aromatic rings. The van der Waals surface area contributed by atoms with Crippen LogP contribution >= 0.6 is 15.9 Å². The van der Waals surface area contributed by atoms with E-state index in [1.54, 1.807) is 25.2 Å². The van der Waals surface area contributed by atoms with Crippen molar-refractivity contribution in [2.75, 3.05) is 12.8 Å². The lowest BCUT2D eigenvalue weighted by molar-refractivity contribution is 0.574. The van der Waals surface area contributed by atoms with Crippen LogP contribution in [0, 0.1) is 0 Å². The summed E-state index contributed by atoms with van der Waals surface area (Å²) in [5.41, 5.74) is 0.966. The highest BCUT2D eigenvalue weighted by atomic mass is 79.9. The molecule has 0 radical (unpaired) electrons. The molecule has 0 saturated carbocycles. The fourth-order valence-electron chi connectivity index (χ4n) is 2.01. The van der Waals surface area contributed by atoms with Crippen LogP contribution in [-0.4, -0.2) is 21.2 Å². The molecular weight excluding hydrogens is 338 g/mol. The minimum absolute atomic E-state index is 0.0317. The van der Waals surface area contributed by atoms with Crippen LogP contribution in [0.1, 0.15) is 11.6 Å². The minimum Gasteiger partial charge on any atom is -0.312 e. The Kier molecular flexibility index (Phi) is 4.96. The summed E-state index contributed by atoms with van der Waals surface area (Å²) in [5, 5.41) is 3.07. The SMILES string of the molecule is CNC(CS(=O)(=O)c1cccc(Br)c1)c1ccccc1. The Morgan fingerprint density at radius 1 is 1.10 bits per heavy atom. The number of rotatable bonds is 5. The van der Waals surface area contributed by atoms with E-state index < -0.39 is 9.84 Å². The van der Waals surface area contributed by atoms with Crippen LogP contribution < -0.4 is 5.32 Å². The maximum absolute atomic E-state index is 12.5. The van der Waals surface area contributed by atoms with Crippen LogP contribution in [0.5, 0.6) is 0 Å². The molecule has 0 saturated heterocycles. The molecule has 5 heteroatoms. The third kappa shape index (κ3) is 3.69. The van der Waals surface area contributed by atoms with Gasteiger partial charge >= 0.3 is 0 Å². The Morgan fingerprint density at radius 2 is 1.80 bits per heavy atom. The second-order valence-electron chi connectivity index (χ2n) is 4.49. The van der Waals surface area contributed by atoms with Crippen LogP contribution in [0.2, 0.25) is 0 Å². The molecule has 0 amide bonds.